The van der Waals surface area contributed by atoms with Gasteiger partial charge in [-0.1, -0.05) is 11.2 Å². The molecule has 3 amide bonds. The van der Waals surface area contributed by atoms with Crippen LogP contribution in [0.5, 0.6) is 0 Å². The summed E-state index contributed by atoms with van der Waals surface area (Å²) in [6, 6.07) is -0.370. The summed E-state index contributed by atoms with van der Waals surface area (Å²) in [4.78, 5) is 30.7. The van der Waals surface area contributed by atoms with Gasteiger partial charge in [-0.3, -0.25) is 4.79 Å². The summed E-state index contributed by atoms with van der Waals surface area (Å²) in [5.74, 6) is -0.550. The van der Waals surface area contributed by atoms with Crippen LogP contribution in [-0.2, 0) is 16.1 Å². The number of aromatic nitrogens is 2. The molecule has 0 aliphatic carbocycles. The molecule has 1 atom stereocenters. The van der Waals surface area contributed by atoms with E-state index in [1.54, 1.807) is 19.3 Å². The van der Waals surface area contributed by atoms with E-state index in [2.05, 4.69) is 25.8 Å². The van der Waals surface area contributed by atoms with Crippen LogP contribution < -0.4 is 10.6 Å². The number of methoxy groups -OCH3 is 1. The van der Waals surface area contributed by atoms with E-state index in [-0.39, 0.29) is 30.2 Å². The Morgan fingerprint density at radius 2 is 2.33 bits per heavy atom. The Bertz CT molecular complexity index is 566. The van der Waals surface area contributed by atoms with Crippen molar-refractivity contribution in [2.24, 2.45) is 4.99 Å². The van der Waals surface area contributed by atoms with Crippen LogP contribution in [0, 0.1) is 0 Å². The molecule has 0 spiro atoms. The Labute approximate surface area is 120 Å². The quantitative estimate of drug-likeness (QED) is 0.699. The maximum Gasteiger partial charge on any atom is 0.315 e. The summed E-state index contributed by atoms with van der Waals surface area (Å²) < 4.78 is 9.78. The zero-order valence-corrected chi connectivity index (χ0v) is 11.4. The molecule has 0 saturated heterocycles. The van der Waals surface area contributed by atoms with Crippen LogP contribution in [0.4, 0.5) is 4.79 Å². The summed E-state index contributed by atoms with van der Waals surface area (Å²) >= 11 is 0. The van der Waals surface area contributed by atoms with Gasteiger partial charge in [-0.25, -0.2) is 9.79 Å². The van der Waals surface area contributed by atoms with Crippen molar-refractivity contribution in [1.82, 2.24) is 20.8 Å². The number of dihydropyridines is 1. The van der Waals surface area contributed by atoms with E-state index in [4.69, 9.17) is 9.26 Å². The summed E-state index contributed by atoms with van der Waals surface area (Å²) in [6.07, 6.45) is 4.68. The molecule has 1 aromatic rings. The number of amides is 3. The van der Waals surface area contributed by atoms with Crippen LogP contribution in [-0.4, -0.2) is 48.6 Å². The number of aliphatic imine (C=N–C) groups is 1. The van der Waals surface area contributed by atoms with E-state index in [0.29, 0.717) is 13.2 Å². The normalized spacial score (nSPS) is 17.0. The van der Waals surface area contributed by atoms with Gasteiger partial charge in [0, 0.05) is 19.9 Å². The van der Waals surface area contributed by atoms with Gasteiger partial charge in [-0.2, -0.15) is 4.98 Å². The van der Waals surface area contributed by atoms with Gasteiger partial charge in [0.25, 0.3) is 5.91 Å². The fourth-order valence-corrected chi connectivity index (χ4v) is 1.59. The SMILES string of the molecule is COCCNC(=O)NCc1nc(C2C=CC=NC2=O)no1. The van der Waals surface area contributed by atoms with E-state index in [0.717, 1.165) is 0 Å². The first-order valence-corrected chi connectivity index (χ1v) is 6.28. The highest BCUT2D eigenvalue weighted by atomic mass is 16.5. The highest BCUT2D eigenvalue weighted by Crippen LogP contribution is 2.17. The minimum atomic E-state index is -0.636. The standard InChI is InChI=1S/C12H15N5O4/c1-20-6-5-14-12(19)15-7-9-16-10(17-21-9)8-3-2-4-13-11(8)18/h2-4,8H,5-7H2,1H3,(H2,14,15,19). The number of ether oxygens (including phenoxy) is 1. The lowest BCUT2D eigenvalue weighted by Gasteiger charge is -2.05. The zero-order chi connectivity index (χ0) is 15.1. The second-order valence-corrected chi connectivity index (χ2v) is 4.13. The largest absolute Gasteiger partial charge is 0.383 e. The van der Waals surface area contributed by atoms with Gasteiger partial charge in [0.1, 0.15) is 5.92 Å². The van der Waals surface area contributed by atoms with Crippen molar-refractivity contribution in [3.8, 4) is 0 Å². The Hall–Kier alpha value is -2.55. The van der Waals surface area contributed by atoms with Gasteiger partial charge < -0.3 is 19.9 Å². The molecule has 21 heavy (non-hydrogen) atoms. The maximum atomic E-state index is 11.6. The molecule has 112 valence electrons. The molecule has 2 N–H and O–H groups in total. The first-order valence-electron chi connectivity index (χ1n) is 6.28. The van der Waals surface area contributed by atoms with Crippen molar-refractivity contribution in [3.63, 3.8) is 0 Å². The lowest BCUT2D eigenvalue weighted by Crippen LogP contribution is -2.36. The molecule has 1 aliphatic rings. The number of hydrogen-bond acceptors (Lipinski definition) is 6. The minimum Gasteiger partial charge on any atom is -0.383 e. The van der Waals surface area contributed by atoms with Crippen LogP contribution in [0.2, 0.25) is 0 Å². The third-order valence-corrected chi connectivity index (χ3v) is 2.61. The van der Waals surface area contributed by atoms with E-state index in [1.165, 1.54) is 6.21 Å². The summed E-state index contributed by atoms with van der Waals surface area (Å²) in [6.45, 7) is 0.894. The molecule has 2 rings (SSSR count). The summed E-state index contributed by atoms with van der Waals surface area (Å²) in [5, 5.41) is 8.85. The molecule has 0 radical (unpaired) electrons. The van der Waals surface area contributed by atoms with E-state index in [9.17, 15) is 9.59 Å². The van der Waals surface area contributed by atoms with Crippen molar-refractivity contribution in [1.29, 1.82) is 0 Å². The number of urea groups is 1. The number of hydrogen-bond donors (Lipinski definition) is 2. The maximum absolute atomic E-state index is 11.6. The molecule has 0 aromatic carbocycles. The van der Waals surface area contributed by atoms with Crippen LogP contribution >= 0.6 is 0 Å². The third-order valence-electron chi connectivity index (χ3n) is 2.61. The first-order chi connectivity index (χ1) is 10.2. The molecule has 1 aliphatic heterocycles. The molecule has 9 nitrogen and oxygen atoms in total. The molecule has 0 fully saturated rings. The number of nitrogens with zero attached hydrogens (tertiary/aromatic N) is 3. The molecule has 1 aromatic heterocycles. The predicted octanol–water partition coefficient (Wildman–Crippen LogP) is -0.234. The summed E-state index contributed by atoms with van der Waals surface area (Å²) in [7, 11) is 1.55. The smallest absolute Gasteiger partial charge is 0.315 e. The first kappa shape index (κ1) is 14.9. The second kappa shape index (κ2) is 7.29. The monoisotopic (exact) mass is 293 g/mol. The second-order valence-electron chi connectivity index (χ2n) is 4.13. The van der Waals surface area contributed by atoms with Gasteiger partial charge in [0.05, 0.1) is 13.2 Å². The minimum absolute atomic E-state index is 0.0692. The molecular formula is C12H15N5O4. The Morgan fingerprint density at radius 1 is 1.48 bits per heavy atom. The third kappa shape index (κ3) is 4.21. The van der Waals surface area contributed by atoms with Crippen LogP contribution in [0.1, 0.15) is 17.6 Å². The number of carbonyl (C=O) groups is 2. The average molecular weight is 293 g/mol. The van der Waals surface area contributed by atoms with Crippen molar-refractivity contribution in [2.75, 3.05) is 20.3 Å². The number of carbonyl (C=O) groups excluding carboxylic acids is 2. The zero-order valence-electron chi connectivity index (χ0n) is 11.4. The van der Waals surface area contributed by atoms with Crippen molar-refractivity contribution < 1.29 is 18.8 Å². The van der Waals surface area contributed by atoms with Gasteiger partial charge in [-0.15, -0.1) is 0 Å². The van der Waals surface area contributed by atoms with Gasteiger partial charge >= 0.3 is 6.03 Å². The highest BCUT2D eigenvalue weighted by Gasteiger charge is 2.24. The lowest BCUT2D eigenvalue weighted by molar-refractivity contribution is -0.118. The Balaban J connectivity index is 1.83. The Kier molecular flexibility index (Phi) is 5.16. The predicted molar refractivity (Wildman–Crippen MR) is 71.8 cm³/mol. The van der Waals surface area contributed by atoms with Crippen molar-refractivity contribution >= 4 is 18.2 Å². The molecule has 0 bridgehead atoms. The van der Waals surface area contributed by atoms with Crippen LogP contribution in [0.25, 0.3) is 0 Å². The van der Waals surface area contributed by atoms with E-state index in [1.807, 2.05) is 0 Å². The van der Waals surface area contributed by atoms with Crippen molar-refractivity contribution in [3.05, 3.63) is 23.9 Å². The van der Waals surface area contributed by atoms with Gasteiger partial charge in [-0.05, 0) is 6.08 Å². The average Bonchev–Trinajstić information content (AvgIpc) is 2.94. The van der Waals surface area contributed by atoms with Crippen LogP contribution in [0.3, 0.4) is 0 Å². The highest BCUT2D eigenvalue weighted by molar-refractivity contribution is 5.96. The number of rotatable bonds is 6. The molecule has 1 unspecified atom stereocenters. The fraction of sp³-hybridized carbons (Fsp3) is 0.417. The molecule has 9 heteroatoms. The lowest BCUT2D eigenvalue weighted by atomic mass is 10.1. The fourth-order valence-electron chi connectivity index (χ4n) is 1.59. The number of nitrogens with one attached hydrogen (secondary N) is 2. The Morgan fingerprint density at radius 3 is 3.10 bits per heavy atom. The van der Waals surface area contributed by atoms with E-state index < -0.39 is 5.92 Å². The van der Waals surface area contributed by atoms with E-state index >= 15 is 0 Å². The van der Waals surface area contributed by atoms with Crippen LogP contribution in [0.15, 0.2) is 21.7 Å². The van der Waals surface area contributed by atoms with Gasteiger partial charge in [0.2, 0.25) is 5.89 Å². The molecule has 0 saturated carbocycles. The van der Waals surface area contributed by atoms with Gasteiger partial charge in [0.15, 0.2) is 5.82 Å². The summed E-state index contributed by atoms with van der Waals surface area (Å²) in [5.41, 5.74) is 0. The molecule has 2 heterocycles. The molecular weight excluding hydrogens is 278 g/mol. The number of allylic oxidation sites excluding steroid dienone is 1. The topological polar surface area (TPSA) is 119 Å². The van der Waals surface area contributed by atoms with Crippen molar-refractivity contribution in [2.45, 2.75) is 12.5 Å².